The fourth-order valence-electron chi connectivity index (χ4n) is 5.63. The molecule has 0 aliphatic rings. The van der Waals surface area contributed by atoms with E-state index >= 15 is 0 Å². The first kappa shape index (κ1) is 31.1. The molecular formula is C36H46O4. The summed E-state index contributed by atoms with van der Waals surface area (Å²) in [6.45, 7) is 17.1. The summed E-state index contributed by atoms with van der Waals surface area (Å²) >= 11 is 0. The van der Waals surface area contributed by atoms with Crippen molar-refractivity contribution in [1.29, 1.82) is 0 Å². The van der Waals surface area contributed by atoms with Gasteiger partial charge in [-0.1, -0.05) is 74.9 Å². The largest absolute Gasteiger partial charge is 0.493 e. The van der Waals surface area contributed by atoms with Gasteiger partial charge in [0.05, 0.1) is 18.8 Å². The zero-order chi connectivity index (χ0) is 29.4. The van der Waals surface area contributed by atoms with Crippen LogP contribution in [0.5, 0.6) is 11.5 Å². The van der Waals surface area contributed by atoms with Crippen LogP contribution in [0.1, 0.15) is 118 Å². The average molecular weight is 543 g/mol. The second kappa shape index (κ2) is 14.3. The Labute approximate surface area is 241 Å². The molecule has 0 amide bonds. The predicted molar refractivity (Wildman–Crippen MR) is 165 cm³/mol. The molecule has 0 aliphatic heterocycles. The molecule has 0 fully saturated rings. The van der Waals surface area contributed by atoms with E-state index in [-0.39, 0.29) is 11.6 Å². The minimum atomic E-state index is -0.169. The first-order valence-corrected chi connectivity index (χ1v) is 14.8. The number of hydrogen-bond donors (Lipinski definition) is 0. The van der Waals surface area contributed by atoms with Crippen LogP contribution in [0.25, 0.3) is 0 Å². The molecule has 40 heavy (non-hydrogen) atoms. The second-order valence-corrected chi connectivity index (χ2v) is 11.1. The summed E-state index contributed by atoms with van der Waals surface area (Å²) in [6.07, 6.45) is 5.90. The Bertz CT molecular complexity index is 1320. The first-order chi connectivity index (χ1) is 19.1. The third kappa shape index (κ3) is 7.21. The van der Waals surface area contributed by atoms with Crippen LogP contribution in [0.15, 0.2) is 36.4 Å². The molecule has 0 unspecified atom stereocenters. The van der Waals surface area contributed by atoms with E-state index in [1.165, 1.54) is 0 Å². The van der Waals surface area contributed by atoms with E-state index < -0.39 is 0 Å². The monoisotopic (exact) mass is 542 g/mol. The summed E-state index contributed by atoms with van der Waals surface area (Å²) in [5, 5.41) is 0. The lowest BCUT2D eigenvalue weighted by Crippen LogP contribution is -2.17. The summed E-state index contributed by atoms with van der Waals surface area (Å²) in [4.78, 5) is 28.6. The molecule has 0 aliphatic carbocycles. The highest BCUT2D eigenvalue weighted by Gasteiger charge is 2.29. The SMILES string of the molecule is CCCCCOc1ccc(C(=O)c2c(C)cc(C)cc2C)c(OCCCCC)c1C(=O)c1c(C)cc(C)cc1C. The smallest absolute Gasteiger partial charge is 0.201 e. The number of hydrogen-bond acceptors (Lipinski definition) is 4. The van der Waals surface area contributed by atoms with Crippen LogP contribution in [-0.2, 0) is 0 Å². The van der Waals surface area contributed by atoms with Crippen LogP contribution < -0.4 is 9.47 Å². The van der Waals surface area contributed by atoms with E-state index in [4.69, 9.17) is 9.47 Å². The number of rotatable bonds is 14. The van der Waals surface area contributed by atoms with Crippen LogP contribution in [0, 0.1) is 41.5 Å². The molecule has 0 saturated heterocycles. The maximum Gasteiger partial charge on any atom is 0.201 e. The molecule has 0 heterocycles. The van der Waals surface area contributed by atoms with E-state index in [1.807, 2.05) is 65.8 Å². The van der Waals surface area contributed by atoms with Crippen molar-refractivity contribution < 1.29 is 19.1 Å². The van der Waals surface area contributed by atoms with Crippen molar-refractivity contribution in [3.63, 3.8) is 0 Å². The van der Waals surface area contributed by atoms with Gasteiger partial charge in [-0.15, -0.1) is 0 Å². The molecular weight excluding hydrogens is 496 g/mol. The highest BCUT2D eigenvalue weighted by atomic mass is 16.5. The molecule has 4 heteroatoms. The summed E-state index contributed by atoms with van der Waals surface area (Å²) < 4.78 is 12.7. The highest BCUT2D eigenvalue weighted by Crippen LogP contribution is 2.38. The topological polar surface area (TPSA) is 52.6 Å². The average Bonchev–Trinajstić information content (AvgIpc) is 2.87. The van der Waals surface area contributed by atoms with Crippen LogP contribution in [0.2, 0.25) is 0 Å². The molecule has 0 bridgehead atoms. The van der Waals surface area contributed by atoms with E-state index in [0.29, 0.717) is 47.0 Å². The van der Waals surface area contributed by atoms with Gasteiger partial charge in [-0.25, -0.2) is 0 Å². The van der Waals surface area contributed by atoms with Gasteiger partial charge in [0.15, 0.2) is 5.78 Å². The van der Waals surface area contributed by atoms with Gasteiger partial charge in [-0.2, -0.15) is 0 Å². The first-order valence-electron chi connectivity index (χ1n) is 14.8. The van der Waals surface area contributed by atoms with Crippen LogP contribution in [-0.4, -0.2) is 24.8 Å². The molecule has 0 radical (unpaired) electrons. The zero-order valence-corrected chi connectivity index (χ0v) is 25.8. The Morgan fingerprint density at radius 1 is 0.575 bits per heavy atom. The number of ether oxygens (including phenoxy) is 2. The lowest BCUT2D eigenvalue weighted by atomic mass is 9.88. The summed E-state index contributed by atoms with van der Waals surface area (Å²) in [6, 6.07) is 11.7. The van der Waals surface area contributed by atoms with Crippen molar-refractivity contribution in [2.45, 2.75) is 93.9 Å². The summed E-state index contributed by atoms with van der Waals surface area (Å²) in [5.41, 5.74) is 7.88. The number of carbonyl (C=O) groups excluding carboxylic acids is 2. The van der Waals surface area contributed by atoms with E-state index in [0.717, 1.165) is 71.9 Å². The molecule has 4 nitrogen and oxygen atoms in total. The van der Waals surface area contributed by atoms with E-state index in [1.54, 1.807) is 12.1 Å². The third-order valence-corrected chi connectivity index (χ3v) is 7.40. The Balaban J connectivity index is 2.26. The molecule has 0 spiro atoms. The van der Waals surface area contributed by atoms with Crippen molar-refractivity contribution in [2.75, 3.05) is 13.2 Å². The summed E-state index contributed by atoms with van der Waals surface area (Å²) in [5.74, 6) is 0.500. The molecule has 0 aromatic heterocycles. The number of aryl methyl sites for hydroxylation is 6. The Hall–Kier alpha value is -3.40. The Morgan fingerprint density at radius 3 is 1.50 bits per heavy atom. The van der Waals surface area contributed by atoms with Crippen molar-refractivity contribution >= 4 is 11.6 Å². The van der Waals surface area contributed by atoms with Gasteiger partial charge in [0.25, 0.3) is 0 Å². The number of unbranched alkanes of at least 4 members (excludes halogenated alkanes) is 4. The van der Waals surface area contributed by atoms with Gasteiger partial charge in [0.1, 0.15) is 17.1 Å². The maximum absolute atomic E-state index is 14.4. The minimum absolute atomic E-state index is 0.135. The molecule has 0 atom stereocenters. The molecule has 214 valence electrons. The predicted octanol–water partition coefficient (Wildman–Crippen LogP) is 9.14. The van der Waals surface area contributed by atoms with Crippen molar-refractivity contribution in [1.82, 2.24) is 0 Å². The number of carbonyl (C=O) groups is 2. The molecule has 0 saturated carbocycles. The minimum Gasteiger partial charge on any atom is -0.493 e. The number of ketones is 2. The van der Waals surface area contributed by atoms with Crippen molar-refractivity contribution in [2.24, 2.45) is 0 Å². The van der Waals surface area contributed by atoms with Crippen LogP contribution in [0.4, 0.5) is 0 Å². The standard InChI is InChI=1S/C36H46O4/c1-9-11-13-17-39-30-16-15-29(34(37)31-25(5)19-23(3)20-26(31)6)36(40-18-14-12-10-2)33(30)35(38)32-27(7)21-24(4)22-28(32)8/h15-16,19-22H,9-14,17-18H2,1-8H3. The van der Waals surface area contributed by atoms with E-state index in [9.17, 15) is 9.59 Å². The molecule has 0 N–H and O–H groups in total. The Kier molecular flexibility index (Phi) is 11.1. The lowest BCUT2D eigenvalue weighted by molar-refractivity contribution is 0.102. The molecule has 3 aromatic carbocycles. The van der Waals surface area contributed by atoms with Crippen molar-refractivity contribution in [3.05, 3.63) is 92.0 Å². The fraction of sp³-hybridized carbons (Fsp3) is 0.444. The maximum atomic E-state index is 14.4. The molecule has 3 rings (SSSR count). The van der Waals surface area contributed by atoms with Gasteiger partial charge in [0, 0.05) is 11.1 Å². The highest BCUT2D eigenvalue weighted by molar-refractivity contribution is 6.19. The zero-order valence-electron chi connectivity index (χ0n) is 25.8. The normalized spacial score (nSPS) is 11.0. The Morgan fingerprint density at radius 2 is 1.02 bits per heavy atom. The second-order valence-electron chi connectivity index (χ2n) is 11.1. The quantitative estimate of drug-likeness (QED) is 0.151. The van der Waals surface area contributed by atoms with Crippen molar-refractivity contribution in [3.8, 4) is 11.5 Å². The van der Waals surface area contributed by atoms with Crippen LogP contribution in [0.3, 0.4) is 0 Å². The molecule has 3 aromatic rings. The summed E-state index contributed by atoms with van der Waals surface area (Å²) in [7, 11) is 0. The van der Waals surface area contributed by atoms with E-state index in [2.05, 4.69) is 13.8 Å². The van der Waals surface area contributed by atoms with Gasteiger partial charge in [-0.3, -0.25) is 9.59 Å². The van der Waals surface area contributed by atoms with Gasteiger partial charge >= 0.3 is 0 Å². The fourth-order valence-corrected chi connectivity index (χ4v) is 5.63. The van der Waals surface area contributed by atoms with Gasteiger partial charge < -0.3 is 9.47 Å². The van der Waals surface area contributed by atoms with Gasteiger partial charge in [-0.05, 0) is 88.8 Å². The number of benzene rings is 3. The third-order valence-electron chi connectivity index (χ3n) is 7.40. The van der Waals surface area contributed by atoms with Gasteiger partial charge in [0.2, 0.25) is 5.78 Å². The van der Waals surface area contributed by atoms with Crippen LogP contribution >= 0.6 is 0 Å². The lowest BCUT2D eigenvalue weighted by Gasteiger charge is -2.21.